The number of benzene rings is 1. The highest BCUT2D eigenvalue weighted by molar-refractivity contribution is 7.18. The van der Waals surface area contributed by atoms with Crippen LogP contribution >= 0.6 is 11.3 Å². The quantitative estimate of drug-likeness (QED) is 0.877. The lowest BCUT2D eigenvalue weighted by molar-refractivity contribution is -0.130. The molecule has 1 saturated heterocycles. The molecule has 1 aliphatic heterocycles. The lowest BCUT2D eigenvalue weighted by Gasteiger charge is -2.14. The molecule has 2 unspecified atom stereocenters. The van der Waals surface area contributed by atoms with Gasteiger partial charge in [0.25, 0.3) is 0 Å². The topological polar surface area (TPSA) is 73.7 Å². The Morgan fingerprint density at radius 1 is 1.30 bits per heavy atom. The summed E-state index contributed by atoms with van der Waals surface area (Å²) < 4.78 is 1.13. The van der Waals surface area contributed by atoms with Crippen LogP contribution in [0.3, 0.4) is 0 Å². The van der Waals surface area contributed by atoms with Gasteiger partial charge in [-0.25, -0.2) is 4.98 Å². The van der Waals surface area contributed by atoms with E-state index in [1.54, 1.807) is 11.3 Å². The number of fused-ring (bicyclic) bond motifs is 1. The third-order valence-corrected chi connectivity index (χ3v) is 4.60. The molecular weight excluding hydrogens is 276 g/mol. The smallest absolute Gasteiger partial charge is 0.223 e. The van der Waals surface area contributed by atoms with Gasteiger partial charge in [-0.2, -0.15) is 0 Å². The molecule has 2 N–H and O–H groups in total. The van der Waals surface area contributed by atoms with Gasteiger partial charge in [0.15, 0.2) is 0 Å². The normalized spacial score (nSPS) is 22.6. The van der Waals surface area contributed by atoms with Crippen LogP contribution in [0.2, 0.25) is 0 Å². The number of aliphatic hydroxyl groups excluding tert-OH is 2. The predicted molar refractivity (Wildman–Crippen MR) is 76.5 cm³/mol. The summed E-state index contributed by atoms with van der Waals surface area (Å²) in [7, 11) is 0. The molecule has 6 heteroatoms. The fourth-order valence-electron chi connectivity index (χ4n) is 2.37. The van der Waals surface area contributed by atoms with Gasteiger partial charge in [0.2, 0.25) is 5.91 Å². The third-order valence-electron chi connectivity index (χ3n) is 3.50. The van der Waals surface area contributed by atoms with Crippen LogP contribution < -0.4 is 0 Å². The van der Waals surface area contributed by atoms with Crippen molar-refractivity contribution >= 4 is 27.5 Å². The number of aryl methyl sites for hydroxylation is 1. The van der Waals surface area contributed by atoms with Gasteiger partial charge in [-0.15, -0.1) is 11.3 Å². The van der Waals surface area contributed by atoms with Crippen molar-refractivity contribution in [3.63, 3.8) is 0 Å². The van der Waals surface area contributed by atoms with Gasteiger partial charge in [-0.05, 0) is 12.1 Å². The minimum atomic E-state index is -0.818. The maximum atomic E-state index is 12.0. The van der Waals surface area contributed by atoms with Crippen LogP contribution in [0, 0.1) is 0 Å². The SMILES string of the molecule is O=C(CCc1nc2ccccc2s1)N1CC(O)C(O)C1. The Balaban J connectivity index is 1.60. The van der Waals surface area contributed by atoms with Crippen LogP contribution in [0.15, 0.2) is 24.3 Å². The zero-order chi connectivity index (χ0) is 14.1. The van der Waals surface area contributed by atoms with E-state index in [1.807, 2.05) is 24.3 Å². The number of para-hydroxylation sites is 1. The third kappa shape index (κ3) is 2.67. The summed E-state index contributed by atoms with van der Waals surface area (Å²) in [6.07, 6.45) is -0.678. The number of nitrogens with zero attached hydrogens (tertiary/aromatic N) is 2. The van der Waals surface area contributed by atoms with E-state index < -0.39 is 12.2 Å². The van der Waals surface area contributed by atoms with Gasteiger partial charge in [0.1, 0.15) is 0 Å². The molecule has 106 valence electrons. The molecule has 1 fully saturated rings. The van der Waals surface area contributed by atoms with Gasteiger partial charge in [-0.1, -0.05) is 12.1 Å². The lowest BCUT2D eigenvalue weighted by Crippen LogP contribution is -2.29. The van der Waals surface area contributed by atoms with Crippen molar-refractivity contribution in [2.24, 2.45) is 0 Å². The number of β-amino-alcohol motifs (C(OH)–C–C–N with tert-alkyl or cyclic N) is 2. The molecule has 1 aliphatic rings. The summed E-state index contributed by atoms with van der Waals surface area (Å²) in [5, 5.41) is 19.8. The fourth-order valence-corrected chi connectivity index (χ4v) is 3.34. The first-order valence-electron chi connectivity index (χ1n) is 6.62. The fraction of sp³-hybridized carbons (Fsp3) is 0.429. The highest BCUT2D eigenvalue weighted by Crippen LogP contribution is 2.23. The highest BCUT2D eigenvalue weighted by Gasteiger charge is 2.32. The number of likely N-dealkylation sites (tertiary alicyclic amines) is 1. The molecule has 0 aliphatic carbocycles. The van der Waals surface area contributed by atoms with Crippen LogP contribution in [-0.2, 0) is 11.2 Å². The summed E-state index contributed by atoms with van der Waals surface area (Å²) in [4.78, 5) is 18.0. The molecule has 3 rings (SSSR count). The first-order chi connectivity index (χ1) is 9.63. The maximum Gasteiger partial charge on any atom is 0.223 e. The highest BCUT2D eigenvalue weighted by atomic mass is 32.1. The van der Waals surface area contributed by atoms with E-state index in [-0.39, 0.29) is 19.0 Å². The van der Waals surface area contributed by atoms with Crippen LogP contribution in [0.25, 0.3) is 10.2 Å². The first kappa shape index (κ1) is 13.5. The van der Waals surface area contributed by atoms with Crippen molar-refractivity contribution in [3.05, 3.63) is 29.3 Å². The van der Waals surface area contributed by atoms with E-state index in [1.165, 1.54) is 4.90 Å². The Morgan fingerprint density at radius 2 is 2.00 bits per heavy atom. The van der Waals surface area contributed by atoms with E-state index in [0.717, 1.165) is 15.2 Å². The Kier molecular flexibility index (Phi) is 3.69. The number of amides is 1. The molecule has 2 aromatic rings. The summed E-state index contributed by atoms with van der Waals surface area (Å²) in [5.41, 5.74) is 0.965. The first-order valence-corrected chi connectivity index (χ1v) is 7.43. The van der Waals surface area contributed by atoms with Gasteiger partial charge >= 0.3 is 0 Å². The maximum absolute atomic E-state index is 12.0. The van der Waals surface area contributed by atoms with Crippen molar-refractivity contribution in [1.82, 2.24) is 9.88 Å². The Labute approximate surface area is 120 Å². The van der Waals surface area contributed by atoms with Crippen molar-refractivity contribution in [3.8, 4) is 0 Å². The van der Waals surface area contributed by atoms with Crippen LogP contribution in [-0.4, -0.2) is 51.3 Å². The average Bonchev–Trinajstić information content (AvgIpc) is 3.00. The molecule has 1 aromatic heterocycles. The molecule has 0 spiro atoms. The number of hydrogen-bond donors (Lipinski definition) is 2. The number of carbonyl (C=O) groups excluding carboxylic acids is 1. The van der Waals surface area contributed by atoms with Crippen LogP contribution in [0.5, 0.6) is 0 Å². The van der Waals surface area contributed by atoms with Gasteiger partial charge in [0.05, 0.1) is 27.4 Å². The van der Waals surface area contributed by atoms with Gasteiger partial charge in [0, 0.05) is 25.9 Å². The van der Waals surface area contributed by atoms with Crippen LogP contribution in [0.1, 0.15) is 11.4 Å². The molecule has 2 atom stereocenters. The summed E-state index contributed by atoms with van der Waals surface area (Å²) in [5.74, 6) is -0.0418. The number of hydrogen-bond acceptors (Lipinski definition) is 5. The lowest BCUT2D eigenvalue weighted by atomic mass is 10.3. The van der Waals surface area contributed by atoms with E-state index >= 15 is 0 Å². The van der Waals surface area contributed by atoms with E-state index in [2.05, 4.69) is 4.98 Å². The molecule has 0 radical (unpaired) electrons. The van der Waals surface area contributed by atoms with E-state index in [4.69, 9.17) is 0 Å². The van der Waals surface area contributed by atoms with Crippen molar-refractivity contribution in [1.29, 1.82) is 0 Å². The molecule has 20 heavy (non-hydrogen) atoms. The molecular formula is C14H16N2O3S. The minimum absolute atomic E-state index is 0.0418. The summed E-state index contributed by atoms with van der Waals surface area (Å²) in [6.45, 7) is 0.444. The second-order valence-corrected chi connectivity index (χ2v) is 6.12. The molecule has 0 saturated carbocycles. The molecule has 1 amide bonds. The summed E-state index contributed by atoms with van der Waals surface area (Å²) in [6, 6.07) is 7.91. The van der Waals surface area contributed by atoms with Crippen LogP contribution in [0.4, 0.5) is 0 Å². The average molecular weight is 292 g/mol. The van der Waals surface area contributed by atoms with Crippen molar-refractivity contribution < 1.29 is 15.0 Å². The molecule has 1 aromatic carbocycles. The second-order valence-electron chi connectivity index (χ2n) is 5.01. The van der Waals surface area contributed by atoms with Crippen molar-refractivity contribution in [2.75, 3.05) is 13.1 Å². The summed E-state index contributed by atoms with van der Waals surface area (Å²) >= 11 is 1.60. The standard InChI is InChI=1S/C14H16N2O3S/c17-10-7-16(8-11(10)18)14(19)6-5-13-15-9-3-1-2-4-12(9)20-13/h1-4,10-11,17-18H,5-8H2. The van der Waals surface area contributed by atoms with Gasteiger partial charge < -0.3 is 15.1 Å². The Morgan fingerprint density at radius 3 is 2.70 bits per heavy atom. The zero-order valence-electron chi connectivity index (χ0n) is 10.9. The van der Waals surface area contributed by atoms with Gasteiger partial charge in [-0.3, -0.25) is 4.79 Å². The Hall–Kier alpha value is -1.50. The zero-order valence-corrected chi connectivity index (χ0v) is 11.7. The molecule has 0 bridgehead atoms. The molecule has 2 heterocycles. The Bertz CT molecular complexity index is 585. The monoisotopic (exact) mass is 292 g/mol. The number of aromatic nitrogens is 1. The largest absolute Gasteiger partial charge is 0.388 e. The predicted octanol–water partition coefficient (Wildman–Crippen LogP) is 0.793. The molecule has 5 nitrogen and oxygen atoms in total. The van der Waals surface area contributed by atoms with E-state index in [0.29, 0.717) is 12.8 Å². The number of thiazole rings is 1. The van der Waals surface area contributed by atoms with E-state index in [9.17, 15) is 15.0 Å². The van der Waals surface area contributed by atoms with Crippen molar-refractivity contribution in [2.45, 2.75) is 25.0 Å². The minimum Gasteiger partial charge on any atom is -0.388 e. The number of rotatable bonds is 3. The number of carbonyl (C=O) groups is 1. The number of aliphatic hydroxyl groups is 2. The second kappa shape index (κ2) is 5.47.